The van der Waals surface area contributed by atoms with E-state index in [1.54, 1.807) is 52.2 Å². The molecule has 0 atom stereocenters. The molecule has 0 saturated carbocycles. The highest BCUT2D eigenvalue weighted by atomic mass is 16.6. The van der Waals surface area contributed by atoms with Crippen molar-refractivity contribution in [3.63, 3.8) is 0 Å². The lowest BCUT2D eigenvalue weighted by Gasteiger charge is -2.25. The first-order chi connectivity index (χ1) is 16.7. The second-order valence-corrected chi connectivity index (χ2v) is 9.27. The molecule has 1 aliphatic heterocycles. The number of carbonyl (C=O) groups is 2. The van der Waals surface area contributed by atoms with Gasteiger partial charge in [-0.2, -0.15) is 9.61 Å². The number of amides is 1. The van der Waals surface area contributed by atoms with Crippen LogP contribution in [-0.4, -0.2) is 64.4 Å². The zero-order valence-electron chi connectivity index (χ0n) is 20.6. The van der Waals surface area contributed by atoms with Crippen LogP contribution in [0.1, 0.15) is 44.0 Å². The van der Waals surface area contributed by atoms with Crippen LogP contribution in [0, 0.1) is 5.92 Å². The van der Waals surface area contributed by atoms with Gasteiger partial charge in [0.15, 0.2) is 11.4 Å². The summed E-state index contributed by atoms with van der Waals surface area (Å²) in [4.78, 5) is 36.4. The predicted molar refractivity (Wildman–Crippen MR) is 130 cm³/mol. The van der Waals surface area contributed by atoms with E-state index >= 15 is 0 Å². The third-order valence-corrected chi connectivity index (χ3v) is 5.55. The molecule has 3 aromatic rings. The Labute approximate surface area is 203 Å². The Hall–Kier alpha value is -3.73. The summed E-state index contributed by atoms with van der Waals surface area (Å²) >= 11 is 0. The second kappa shape index (κ2) is 9.87. The quantitative estimate of drug-likeness (QED) is 0.522. The van der Waals surface area contributed by atoms with Gasteiger partial charge in [-0.1, -0.05) is 0 Å². The number of nitrogens with one attached hydrogen (secondary N) is 1. The molecule has 0 radical (unpaired) electrons. The van der Waals surface area contributed by atoms with Crippen LogP contribution in [0.3, 0.4) is 0 Å². The number of ketones is 1. The standard InChI is InChI=1S/C24H30N6O5/c1-24(2,3)35-23(32)29(4)19-13-18(27-17-7-6-10-25-22(17)33-5)28-21-16(14-26-30(19)21)20(31)15-8-11-34-12-9-15/h6-7,10,13-15H,8-9,11-12H2,1-5H3,(H,27,28). The van der Waals surface area contributed by atoms with E-state index in [4.69, 9.17) is 14.2 Å². The third kappa shape index (κ3) is 5.35. The zero-order valence-corrected chi connectivity index (χ0v) is 20.6. The molecule has 0 unspecified atom stereocenters. The Morgan fingerprint density at radius 3 is 2.69 bits per heavy atom. The molecule has 4 heterocycles. The Kier molecular flexibility index (Phi) is 6.88. The average Bonchev–Trinajstić information content (AvgIpc) is 3.26. The topological polar surface area (TPSA) is 120 Å². The molecule has 0 aromatic carbocycles. The summed E-state index contributed by atoms with van der Waals surface area (Å²) in [6, 6.07) is 5.20. The van der Waals surface area contributed by atoms with Gasteiger partial charge < -0.3 is 19.5 Å². The van der Waals surface area contributed by atoms with Gasteiger partial charge in [0.1, 0.15) is 22.9 Å². The van der Waals surface area contributed by atoms with Gasteiger partial charge >= 0.3 is 6.09 Å². The van der Waals surface area contributed by atoms with E-state index in [-0.39, 0.29) is 11.7 Å². The first kappa shape index (κ1) is 24.4. The predicted octanol–water partition coefficient (Wildman–Crippen LogP) is 3.86. The lowest BCUT2D eigenvalue weighted by Crippen LogP contribution is -2.35. The van der Waals surface area contributed by atoms with Crippen LogP contribution in [0.5, 0.6) is 5.88 Å². The number of Topliss-reactive ketones (excluding diaryl/α,β-unsaturated/α-hetero) is 1. The smallest absolute Gasteiger partial charge is 0.415 e. The normalized spacial score (nSPS) is 14.5. The molecule has 1 fully saturated rings. The number of hydrogen-bond donors (Lipinski definition) is 1. The molecule has 11 nitrogen and oxygen atoms in total. The van der Waals surface area contributed by atoms with Crippen molar-refractivity contribution in [1.82, 2.24) is 19.6 Å². The molecule has 35 heavy (non-hydrogen) atoms. The molecule has 0 spiro atoms. The SMILES string of the molecule is COc1ncccc1Nc1cc(N(C)C(=O)OC(C)(C)C)n2ncc(C(=O)C3CCOCC3)c2n1. The number of methoxy groups -OCH3 is 1. The average molecular weight is 483 g/mol. The Balaban J connectivity index is 1.79. The Morgan fingerprint density at radius 1 is 1.26 bits per heavy atom. The fraction of sp³-hybridized carbons (Fsp3) is 0.458. The van der Waals surface area contributed by atoms with Gasteiger partial charge in [0.2, 0.25) is 5.88 Å². The lowest BCUT2D eigenvalue weighted by molar-refractivity contribution is 0.0545. The first-order valence-corrected chi connectivity index (χ1v) is 11.4. The van der Waals surface area contributed by atoms with Gasteiger partial charge in [0.25, 0.3) is 0 Å². The number of nitrogens with zero attached hydrogens (tertiary/aromatic N) is 5. The van der Waals surface area contributed by atoms with Gasteiger partial charge in [-0.05, 0) is 45.7 Å². The highest BCUT2D eigenvalue weighted by Gasteiger charge is 2.29. The van der Waals surface area contributed by atoms with Crippen LogP contribution in [-0.2, 0) is 9.47 Å². The minimum atomic E-state index is -0.685. The number of ether oxygens (including phenoxy) is 3. The van der Waals surface area contributed by atoms with Crippen molar-refractivity contribution >= 4 is 34.8 Å². The van der Waals surface area contributed by atoms with Crippen LogP contribution >= 0.6 is 0 Å². The monoisotopic (exact) mass is 482 g/mol. The van der Waals surface area contributed by atoms with E-state index in [1.165, 1.54) is 22.7 Å². The third-order valence-electron chi connectivity index (χ3n) is 5.55. The van der Waals surface area contributed by atoms with E-state index < -0.39 is 11.7 Å². The Bertz CT molecular complexity index is 1230. The van der Waals surface area contributed by atoms with Crippen LogP contribution < -0.4 is 15.0 Å². The number of pyridine rings is 1. The molecule has 0 bridgehead atoms. The molecule has 186 valence electrons. The summed E-state index contributed by atoms with van der Waals surface area (Å²) in [6.07, 6.45) is 3.84. The van der Waals surface area contributed by atoms with E-state index in [2.05, 4.69) is 20.4 Å². The summed E-state index contributed by atoms with van der Waals surface area (Å²) in [5.74, 6) is 0.929. The summed E-state index contributed by atoms with van der Waals surface area (Å²) in [6.45, 7) is 6.47. The summed E-state index contributed by atoms with van der Waals surface area (Å²) < 4.78 is 17.8. The van der Waals surface area contributed by atoms with Crippen molar-refractivity contribution in [3.05, 3.63) is 36.2 Å². The maximum atomic E-state index is 13.3. The Morgan fingerprint density at radius 2 is 2.00 bits per heavy atom. The molecule has 1 N–H and O–H groups in total. The van der Waals surface area contributed by atoms with Gasteiger partial charge in [-0.25, -0.2) is 14.8 Å². The molecular weight excluding hydrogens is 452 g/mol. The van der Waals surface area contributed by atoms with Crippen molar-refractivity contribution in [2.75, 3.05) is 37.6 Å². The van der Waals surface area contributed by atoms with Gasteiger partial charge in [-0.15, -0.1) is 0 Å². The number of anilines is 3. The minimum Gasteiger partial charge on any atom is -0.480 e. The molecular formula is C24H30N6O5. The summed E-state index contributed by atoms with van der Waals surface area (Å²) in [5, 5.41) is 7.59. The highest BCUT2D eigenvalue weighted by molar-refractivity contribution is 6.03. The molecule has 11 heteroatoms. The summed E-state index contributed by atoms with van der Waals surface area (Å²) in [7, 11) is 3.10. The van der Waals surface area contributed by atoms with Gasteiger partial charge in [0.05, 0.1) is 18.9 Å². The van der Waals surface area contributed by atoms with E-state index in [0.29, 0.717) is 60.5 Å². The highest BCUT2D eigenvalue weighted by Crippen LogP contribution is 2.30. The number of rotatable bonds is 6. The molecule has 1 aliphatic rings. The van der Waals surface area contributed by atoms with E-state index in [1.807, 2.05) is 0 Å². The van der Waals surface area contributed by atoms with E-state index in [0.717, 1.165) is 0 Å². The van der Waals surface area contributed by atoms with Crippen molar-refractivity contribution in [3.8, 4) is 5.88 Å². The number of aromatic nitrogens is 4. The number of fused-ring (bicyclic) bond motifs is 1. The van der Waals surface area contributed by atoms with Crippen molar-refractivity contribution in [1.29, 1.82) is 0 Å². The van der Waals surface area contributed by atoms with Crippen molar-refractivity contribution in [2.45, 2.75) is 39.2 Å². The number of carbonyl (C=O) groups excluding carboxylic acids is 2. The maximum Gasteiger partial charge on any atom is 0.415 e. The zero-order chi connectivity index (χ0) is 25.2. The van der Waals surface area contributed by atoms with Crippen LogP contribution in [0.25, 0.3) is 5.65 Å². The number of hydrogen-bond acceptors (Lipinski definition) is 9. The molecule has 0 aliphatic carbocycles. The fourth-order valence-corrected chi connectivity index (χ4v) is 3.81. The molecule has 1 amide bonds. The largest absolute Gasteiger partial charge is 0.480 e. The van der Waals surface area contributed by atoms with Crippen molar-refractivity contribution < 1.29 is 23.8 Å². The second-order valence-electron chi connectivity index (χ2n) is 9.27. The van der Waals surface area contributed by atoms with Crippen LogP contribution in [0.4, 0.5) is 22.1 Å². The van der Waals surface area contributed by atoms with E-state index in [9.17, 15) is 9.59 Å². The van der Waals surface area contributed by atoms with Crippen LogP contribution in [0.15, 0.2) is 30.6 Å². The molecule has 4 rings (SSSR count). The molecule has 1 saturated heterocycles. The molecule has 3 aromatic heterocycles. The lowest BCUT2D eigenvalue weighted by atomic mass is 9.92. The maximum absolute atomic E-state index is 13.3. The minimum absolute atomic E-state index is 0.0437. The van der Waals surface area contributed by atoms with Crippen LogP contribution in [0.2, 0.25) is 0 Å². The van der Waals surface area contributed by atoms with Gasteiger partial charge in [0, 0.05) is 38.4 Å². The van der Waals surface area contributed by atoms with Crippen molar-refractivity contribution in [2.24, 2.45) is 5.92 Å². The first-order valence-electron chi connectivity index (χ1n) is 11.4. The fourth-order valence-electron chi connectivity index (χ4n) is 3.81. The summed E-state index contributed by atoms with van der Waals surface area (Å²) in [5.41, 5.74) is 0.613. The van der Waals surface area contributed by atoms with Gasteiger partial charge in [-0.3, -0.25) is 9.69 Å².